The Kier molecular flexibility index (Phi) is 7.14. The zero-order valence-corrected chi connectivity index (χ0v) is 19.1. The van der Waals surface area contributed by atoms with Crippen molar-refractivity contribution in [2.24, 2.45) is 0 Å². The van der Waals surface area contributed by atoms with Gasteiger partial charge in [-0.1, -0.05) is 54.6 Å². The summed E-state index contributed by atoms with van der Waals surface area (Å²) in [5.74, 6) is -2.42. The number of piperazine rings is 1. The molecule has 1 aliphatic carbocycles. The Labute approximate surface area is 202 Å². The molecule has 35 heavy (non-hydrogen) atoms. The molecule has 2 aromatic carbocycles. The Hall–Kier alpha value is -4.14. The van der Waals surface area contributed by atoms with E-state index in [0.717, 1.165) is 22.3 Å². The van der Waals surface area contributed by atoms with E-state index in [9.17, 15) is 19.2 Å². The largest absolute Gasteiger partial charge is 0.481 e. The van der Waals surface area contributed by atoms with Crippen molar-refractivity contribution in [3.8, 4) is 11.1 Å². The smallest absolute Gasteiger partial charge is 0.407 e. The average molecular weight is 478 g/mol. The monoisotopic (exact) mass is 477 g/mol. The standard InChI is InChI=1S/C26H27N3O6/c1-2-7-21(25(33)29-13-12-27-24(32)22(29)14-23(30)31)28-26(34)35-15-20-18-10-5-3-8-16(18)17-9-4-6-11-19(17)20/h2-6,8-11,20-22H,1,7,12-15H2,(H,27,32)(H,28,34)(H,30,31). The molecular weight excluding hydrogens is 450 g/mol. The Bertz CT molecular complexity index is 1120. The highest BCUT2D eigenvalue weighted by Crippen LogP contribution is 2.44. The molecule has 4 rings (SSSR count). The fourth-order valence-corrected chi connectivity index (χ4v) is 4.72. The summed E-state index contributed by atoms with van der Waals surface area (Å²) in [6, 6.07) is 13.7. The van der Waals surface area contributed by atoms with Crippen LogP contribution < -0.4 is 10.6 Å². The number of carbonyl (C=O) groups is 4. The van der Waals surface area contributed by atoms with E-state index in [1.807, 2.05) is 48.5 Å². The van der Waals surface area contributed by atoms with Crippen molar-refractivity contribution in [1.82, 2.24) is 15.5 Å². The first-order valence-electron chi connectivity index (χ1n) is 11.4. The number of hydrogen-bond acceptors (Lipinski definition) is 5. The lowest BCUT2D eigenvalue weighted by molar-refractivity contribution is -0.149. The van der Waals surface area contributed by atoms with Gasteiger partial charge in [0.05, 0.1) is 6.42 Å². The number of carbonyl (C=O) groups excluding carboxylic acids is 3. The average Bonchev–Trinajstić information content (AvgIpc) is 3.17. The molecule has 9 heteroatoms. The molecule has 0 spiro atoms. The van der Waals surface area contributed by atoms with Crippen molar-refractivity contribution in [2.45, 2.75) is 30.8 Å². The summed E-state index contributed by atoms with van der Waals surface area (Å²) >= 11 is 0. The summed E-state index contributed by atoms with van der Waals surface area (Å²) in [4.78, 5) is 50.5. The molecule has 1 fully saturated rings. The summed E-state index contributed by atoms with van der Waals surface area (Å²) in [5, 5.41) is 14.3. The van der Waals surface area contributed by atoms with Gasteiger partial charge in [-0.25, -0.2) is 4.79 Å². The second-order valence-electron chi connectivity index (χ2n) is 8.48. The minimum absolute atomic E-state index is 0.0859. The summed E-state index contributed by atoms with van der Waals surface area (Å²) in [6.45, 7) is 4.07. The minimum Gasteiger partial charge on any atom is -0.481 e. The van der Waals surface area contributed by atoms with Gasteiger partial charge < -0.3 is 25.4 Å². The van der Waals surface area contributed by atoms with Gasteiger partial charge >= 0.3 is 12.1 Å². The number of amides is 3. The molecular formula is C26H27N3O6. The van der Waals surface area contributed by atoms with Crippen molar-refractivity contribution in [1.29, 1.82) is 0 Å². The highest BCUT2D eigenvalue weighted by atomic mass is 16.5. The molecule has 0 bridgehead atoms. The van der Waals surface area contributed by atoms with Crippen molar-refractivity contribution in [2.75, 3.05) is 19.7 Å². The summed E-state index contributed by atoms with van der Waals surface area (Å²) < 4.78 is 5.54. The first-order chi connectivity index (χ1) is 16.9. The minimum atomic E-state index is -1.20. The number of fused-ring (bicyclic) bond motifs is 3. The number of ether oxygens (including phenoxy) is 1. The Morgan fingerprint density at radius 3 is 2.37 bits per heavy atom. The van der Waals surface area contributed by atoms with E-state index in [1.165, 1.54) is 11.0 Å². The van der Waals surface area contributed by atoms with E-state index in [2.05, 4.69) is 17.2 Å². The van der Waals surface area contributed by atoms with Gasteiger partial charge in [0.15, 0.2) is 0 Å². The second kappa shape index (κ2) is 10.4. The van der Waals surface area contributed by atoms with Crippen molar-refractivity contribution < 1.29 is 29.0 Å². The van der Waals surface area contributed by atoms with Gasteiger partial charge in [-0.05, 0) is 28.7 Å². The highest BCUT2D eigenvalue weighted by molar-refractivity contribution is 5.94. The van der Waals surface area contributed by atoms with Crippen LogP contribution in [0.1, 0.15) is 29.9 Å². The predicted molar refractivity (Wildman–Crippen MR) is 128 cm³/mol. The summed E-state index contributed by atoms with van der Waals surface area (Å²) in [5.41, 5.74) is 4.33. The van der Waals surface area contributed by atoms with Gasteiger partial charge in [-0.15, -0.1) is 6.58 Å². The maximum absolute atomic E-state index is 13.2. The molecule has 1 saturated heterocycles. The fourth-order valence-electron chi connectivity index (χ4n) is 4.72. The number of carboxylic acid groups (broad SMARTS) is 1. The van der Waals surface area contributed by atoms with Crippen LogP contribution in [-0.4, -0.2) is 65.7 Å². The molecule has 2 aliphatic rings. The van der Waals surface area contributed by atoms with Gasteiger partial charge in [0, 0.05) is 19.0 Å². The van der Waals surface area contributed by atoms with Crippen LogP contribution in [0.25, 0.3) is 11.1 Å². The quantitative estimate of drug-likeness (QED) is 0.501. The molecule has 0 aromatic heterocycles. The maximum Gasteiger partial charge on any atom is 0.407 e. The first kappa shape index (κ1) is 24.0. The lowest BCUT2D eigenvalue weighted by Crippen LogP contribution is -2.61. The van der Waals surface area contributed by atoms with Crippen LogP contribution in [0.3, 0.4) is 0 Å². The topological polar surface area (TPSA) is 125 Å². The van der Waals surface area contributed by atoms with Crippen molar-refractivity contribution in [3.05, 3.63) is 72.3 Å². The van der Waals surface area contributed by atoms with E-state index in [-0.39, 0.29) is 32.0 Å². The number of nitrogens with zero attached hydrogens (tertiary/aromatic N) is 1. The molecule has 1 aliphatic heterocycles. The highest BCUT2D eigenvalue weighted by Gasteiger charge is 2.38. The Morgan fingerprint density at radius 2 is 1.77 bits per heavy atom. The molecule has 2 atom stereocenters. The van der Waals surface area contributed by atoms with E-state index in [4.69, 9.17) is 9.84 Å². The van der Waals surface area contributed by atoms with Crippen LogP contribution in [0.4, 0.5) is 4.79 Å². The molecule has 1 heterocycles. The second-order valence-corrected chi connectivity index (χ2v) is 8.48. The van der Waals surface area contributed by atoms with Gasteiger partial charge in [0.25, 0.3) is 0 Å². The third kappa shape index (κ3) is 5.03. The Balaban J connectivity index is 1.44. The van der Waals surface area contributed by atoms with E-state index >= 15 is 0 Å². The lowest BCUT2D eigenvalue weighted by atomic mass is 9.98. The lowest BCUT2D eigenvalue weighted by Gasteiger charge is -2.36. The van der Waals surface area contributed by atoms with Crippen LogP contribution >= 0.6 is 0 Å². The summed E-state index contributed by atoms with van der Waals surface area (Å²) in [6.07, 6.45) is 0.274. The van der Waals surface area contributed by atoms with Crippen molar-refractivity contribution in [3.63, 3.8) is 0 Å². The molecule has 3 N–H and O–H groups in total. The normalized spacial score (nSPS) is 17.5. The van der Waals surface area contributed by atoms with E-state index < -0.39 is 42.4 Å². The third-order valence-electron chi connectivity index (χ3n) is 6.32. The maximum atomic E-state index is 13.2. The SMILES string of the molecule is C=CCC(NC(=O)OCC1c2ccccc2-c2ccccc21)C(=O)N1CCNC(=O)C1CC(=O)O. The molecule has 0 saturated carbocycles. The van der Waals surface area contributed by atoms with Gasteiger partial charge in [-0.3, -0.25) is 14.4 Å². The fraction of sp³-hybridized carbons (Fsp3) is 0.308. The number of benzene rings is 2. The van der Waals surface area contributed by atoms with Crippen molar-refractivity contribution >= 4 is 23.9 Å². The molecule has 2 unspecified atom stereocenters. The van der Waals surface area contributed by atoms with Crippen LogP contribution in [0, 0.1) is 0 Å². The van der Waals surface area contributed by atoms with Gasteiger partial charge in [0.2, 0.25) is 11.8 Å². The number of rotatable bonds is 8. The van der Waals surface area contributed by atoms with E-state index in [1.54, 1.807) is 0 Å². The van der Waals surface area contributed by atoms with Gasteiger partial charge in [0.1, 0.15) is 18.7 Å². The van der Waals surface area contributed by atoms with Crippen LogP contribution in [-0.2, 0) is 19.1 Å². The Morgan fingerprint density at radius 1 is 1.14 bits per heavy atom. The number of hydrogen-bond donors (Lipinski definition) is 3. The van der Waals surface area contributed by atoms with E-state index in [0.29, 0.717) is 0 Å². The zero-order valence-electron chi connectivity index (χ0n) is 19.1. The molecule has 0 radical (unpaired) electrons. The zero-order chi connectivity index (χ0) is 24.9. The summed E-state index contributed by atoms with van der Waals surface area (Å²) in [7, 11) is 0. The molecule has 2 aromatic rings. The van der Waals surface area contributed by atoms with Crippen LogP contribution in [0.15, 0.2) is 61.2 Å². The first-order valence-corrected chi connectivity index (χ1v) is 11.4. The van der Waals surface area contributed by atoms with Crippen LogP contribution in [0.2, 0.25) is 0 Å². The number of nitrogens with one attached hydrogen (secondary N) is 2. The number of aliphatic carboxylic acids is 1. The third-order valence-corrected chi connectivity index (χ3v) is 6.32. The molecule has 9 nitrogen and oxygen atoms in total. The molecule has 182 valence electrons. The number of carboxylic acids is 1. The number of alkyl carbamates (subject to hydrolysis) is 1. The molecule has 3 amide bonds. The predicted octanol–water partition coefficient (Wildman–Crippen LogP) is 2.27. The van der Waals surface area contributed by atoms with Gasteiger partial charge in [-0.2, -0.15) is 0 Å². The van der Waals surface area contributed by atoms with Crippen LogP contribution in [0.5, 0.6) is 0 Å².